The number of rotatable bonds is 8. The third-order valence-corrected chi connectivity index (χ3v) is 4.68. The molecule has 0 aliphatic carbocycles. The Morgan fingerprint density at radius 1 is 1.28 bits per heavy atom. The maximum atomic E-state index is 12.5. The molecule has 1 aromatic carbocycles. The molecule has 1 atom stereocenters. The fourth-order valence-corrected chi connectivity index (χ4v) is 3.09. The Kier molecular flexibility index (Phi) is 7.48. The predicted octanol–water partition coefficient (Wildman–Crippen LogP) is 1.67. The quantitative estimate of drug-likeness (QED) is 0.328. The Morgan fingerprint density at radius 2 is 1.97 bits per heavy atom. The highest BCUT2D eigenvalue weighted by Crippen LogP contribution is 2.28. The van der Waals surface area contributed by atoms with Crippen LogP contribution in [0.5, 0.6) is 11.5 Å². The molecule has 0 radical (unpaired) electrons. The number of nitrogens with zero attached hydrogens (tertiary/aromatic N) is 1. The molecule has 0 unspecified atom stereocenters. The van der Waals surface area contributed by atoms with E-state index in [1.165, 1.54) is 26.4 Å². The number of aromatic amines is 1. The zero-order valence-corrected chi connectivity index (χ0v) is 17.2. The standard InChI is InChI=1S/C18H22N4O6S/c1-5-28-17(25)9(2)29-18-21-14(19)13(16(24)22-18)20-15(23)10-6-7-11(26-3)12(8-10)27-4/h6-9H,5H2,1-4H3,(H,20,23)(H3,19,21,22,24)/t9-/m1/s1. The van der Waals surface area contributed by atoms with Crippen molar-refractivity contribution in [2.24, 2.45) is 0 Å². The number of anilines is 2. The highest BCUT2D eigenvalue weighted by Gasteiger charge is 2.20. The summed E-state index contributed by atoms with van der Waals surface area (Å²) in [6, 6.07) is 4.55. The Morgan fingerprint density at radius 3 is 2.55 bits per heavy atom. The van der Waals surface area contributed by atoms with E-state index in [-0.39, 0.29) is 28.8 Å². The van der Waals surface area contributed by atoms with E-state index in [9.17, 15) is 14.4 Å². The molecule has 1 aromatic heterocycles. The number of esters is 1. The Bertz CT molecular complexity index is 962. The normalized spacial score (nSPS) is 11.4. The van der Waals surface area contributed by atoms with Crippen LogP contribution < -0.4 is 26.1 Å². The number of aromatic nitrogens is 2. The summed E-state index contributed by atoms with van der Waals surface area (Å²) >= 11 is 0.989. The van der Waals surface area contributed by atoms with Crippen LogP contribution in [-0.4, -0.2) is 47.9 Å². The van der Waals surface area contributed by atoms with Crippen LogP contribution in [0.15, 0.2) is 28.2 Å². The lowest BCUT2D eigenvalue weighted by atomic mass is 10.2. The molecule has 2 aromatic rings. The van der Waals surface area contributed by atoms with Crippen LogP contribution in [-0.2, 0) is 9.53 Å². The molecule has 10 nitrogen and oxygen atoms in total. The molecule has 11 heteroatoms. The lowest BCUT2D eigenvalue weighted by Crippen LogP contribution is -2.24. The molecule has 29 heavy (non-hydrogen) atoms. The number of ether oxygens (including phenoxy) is 3. The van der Waals surface area contributed by atoms with Gasteiger partial charge in [0.05, 0.1) is 20.8 Å². The van der Waals surface area contributed by atoms with Crippen molar-refractivity contribution in [2.45, 2.75) is 24.3 Å². The average molecular weight is 422 g/mol. The predicted molar refractivity (Wildman–Crippen MR) is 109 cm³/mol. The number of H-pyrrole nitrogens is 1. The molecule has 0 bridgehead atoms. The van der Waals surface area contributed by atoms with Crippen LogP contribution >= 0.6 is 11.8 Å². The topological polar surface area (TPSA) is 146 Å². The Labute approximate surface area is 171 Å². The molecule has 1 heterocycles. The van der Waals surface area contributed by atoms with Crippen LogP contribution in [0.25, 0.3) is 0 Å². The number of carbonyl (C=O) groups is 2. The second kappa shape index (κ2) is 9.82. The smallest absolute Gasteiger partial charge is 0.319 e. The SMILES string of the molecule is CCOC(=O)[C@@H](C)Sc1nc(N)c(NC(=O)c2ccc(OC)c(OC)c2)c(=O)[nH]1. The van der Waals surface area contributed by atoms with Crippen molar-refractivity contribution in [2.75, 3.05) is 31.9 Å². The van der Waals surface area contributed by atoms with E-state index in [1.807, 2.05) is 0 Å². The Hall–Kier alpha value is -3.21. The molecular formula is C18H22N4O6S. The summed E-state index contributed by atoms with van der Waals surface area (Å²) in [6.45, 7) is 3.56. The van der Waals surface area contributed by atoms with Gasteiger partial charge in [-0.3, -0.25) is 19.4 Å². The van der Waals surface area contributed by atoms with Gasteiger partial charge in [-0.15, -0.1) is 0 Å². The van der Waals surface area contributed by atoms with Gasteiger partial charge < -0.3 is 25.3 Å². The lowest BCUT2D eigenvalue weighted by Gasteiger charge is -2.12. The van der Waals surface area contributed by atoms with Crippen LogP contribution in [0.1, 0.15) is 24.2 Å². The molecule has 0 saturated heterocycles. The maximum absolute atomic E-state index is 12.5. The number of hydrogen-bond acceptors (Lipinski definition) is 9. The number of nitrogens with two attached hydrogens (primary N) is 1. The summed E-state index contributed by atoms with van der Waals surface area (Å²) in [5, 5.41) is 1.98. The van der Waals surface area contributed by atoms with Gasteiger partial charge >= 0.3 is 5.97 Å². The number of nitrogen functional groups attached to an aromatic ring is 1. The van der Waals surface area contributed by atoms with E-state index >= 15 is 0 Å². The molecule has 0 fully saturated rings. The van der Waals surface area contributed by atoms with Gasteiger partial charge in [-0.25, -0.2) is 4.98 Å². The zero-order chi connectivity index (χ0) is 21.6. The van der Waals surface area contributed by atoms with E-state index in [1.54, 1.807) is 19.9 Å². The minimum atomic E-state index is -0.648. The second-order valence-electron chi connectivity index (χ2n) is 5.67. The summed E-state index contributed by atoms with van der Waals surface area (Å²) in [5.74, 6) is -0.379. The Balaban J connectivity index is 2.20. The molecular weight excluding hydrogens is 400 g/mol. The minimum Gasteiger partial charge on any atom is -0.493 e. The lowest BCUT2D eigenvalue weighted by molar-refractivity contribution is -0.142. The first-order valence-corrected chi connectivity index (χ1v) is 9.45. The number of methoxy groups -OCH3 is 2. The van der Waals surface area contributed by atoms with Gasteiger partial charge in [-0.1, -0.05) is 11.8 Å². The van der Waals surface area contributed by atoms with Crippen LogP contribution in [0.3, 0.4) is 0 Å². The summed E-state index contributed by atoms with van der Waals surface area (Å²) in [5.41, 5.74) is 5.23. The van der Waals surface area contributed by atoms with Crippen molar-refractivity contribution in [3.05, 3.63) is 34.1 Å². The molecule has 0 aliphatic rings. The molecule has 4 N–H and O–H groups in total. The van der Waals surface area contributed by atoms with Crippen molar-refractivity contribution >= 4 is 35.1 Å². The van der Waals surface area contributed by atoms with Gasteiger partial charge in [0, 0.05) is 5.56 Å². The van der Waals surface area contributed by atoms with Gasteiger partial charge in [0.15, 0.2) is 22.5 Å². The fourth-order valence-electron chi connectivity index (χ4n) is 2.28. The molecule has 0 saturated carbocycles. The monoisotopic (exact) mass is 422 g/mol. The van der Waals surface area contributed by atoms with Crippen molar-refractivity contribution in [3.63, 3.8) is 0 Å². The summed E-state index contributed by atoms with van der Waals surface area (Å²) in [7, 11) is 2.92. The first kappa shape index (κ1) is 22.1. The number of thioether (sulfide) groups is 1. The summed E-state index contributed by atoms with van der Waals surface area (Å²) < 4.78 is 15.2. The maximum Gasteiger partial charge on any atom is 0.319 e. The molecule has 1 amide bonds. The van der Waals surface area contributed by atoms with E-state index in [2.05, 4.69) is 15.3 Å². The van der Waals surface area contributed by atoms with Crippen LogP contribution in [0.2, 0.25) is 0 Å². The first-order valence-electron chi connectivity index (χ1n) is 8.57. The van der Waals surface area contributed by atoms with E-state index < -0.39 is 22.7 Å². The fraction of sp³-hybridized carbons (Fsp3) is 0.333. The molecule has 2 rings (SSSR count). The van der Waals surface area contributed by atoms with E-state index in [4.69, 9.17) is 19.9 Å². The van der Waals surface area contributed by atoms with Crippen molar-refractivity contribution in [1.82, 2.24) is 9.97 Å². The van der Waals surface area contributed by atoms with E-state index in [0.29, 0.717) is 11.5 Å². The van der Waals surface area contributed by atoms with Gasteiger partial charge in [-0.2, -0.15) is 0 Å². The highest BCUT2D eigenvalue weighted by atomic mass is 32.2. The first-order chi connectivity index (χ1) is 13.8. The average Bonchev–Trinajstić information content (AvgIpc) is 2.70. The van der Waals surface area contributed by atoms with Gasteiger partial charge in [0.2, 0.25) is 0 Å². The molecule has 0 aliphatic heterocycles. The number of benzene rings is 1. The van der Waals surface area contributed by atoms with Crippen molar-refractivity contribution < 1.29 is 23.8 Å². The third-order valence-electron chi connectivity index (χ3n) is 3.72. The van der Waals surface area contributed by atoms with Crippen LogP contribution in [0.4, 0.5) is 11.5 Å². The largest absolute Gasteiger partial charge is 0.493 e. The summed E-state index contributed by atoms with van der Waals surface area (Å²) in [4.78, 5) is 43.1. The minimum absolute atomic E-state index is 0.136. The molecule has 0 spiro atoms. The number of nitrogens with one attached hydrogen (secondary N) is 2. The van der Waals surface area contributed by atoms with Crippen molar-refractivity contribution in [3.8, 4) is 11.5 Å². The van der Waals surface area contributed by atoms with Gasteiger partial charge in [0.1, 0.15) is 10.9 Å². The zero-order valence-electron chi connectivity index (χ0n) is 16.4. The number of carbonyl (C=O) groups excluding carboxylic acids is 2. The van der Waals surface area contributed by atoms with Gasteiger partial charge in [-0.05, 0) is 32.0 Å². The van der Waals surface area contributed by atoms with Gasteiger partial charge in [0.25, 0.3) is 11.5 Å². The third kappa shape index (κ3) is 5.41. The highest BCUT2D eigenvalue weighted by molar-refractivity contribution is 8.00. The second-order valence-corrected chi connectivity index (χ2v) is 7.00. The van der Waals surface area contributed by atoms with E-state index in [0.717, 1.165) is 11.8 Å². The molecule has 156 valence electrons. The summed E-state index contributed by atoms with van der Waals surface area (Å²) in [6.07, 6.45) is 0. The number of hydrogen-bond donors (Lipinski definition) is 3. The van der Waals surface area contributed by atoms with Crippen LogP contribution in [0, 0.1) is 0 Å². The number of amides is 1. The van der Waals surface area contributed by atoms with Crippen molar-refractivity contribution in [1.29, 1.82) is 0 Å².